The van der Waals surface area contributed by atoms with Crippen molar-refractivity contribution in [1.29, 1.82) is 0 Å². The van der Waals surface area contributed by atoms with E-state index in [1.807, 2.05) is 4.90 Å². The molecule has 0 bridgehead atoms. The predicted octanol–water partition coefficient (Wildman–Crippen LogP) is -0.215. The van der Waals surface area contributed by atoms with Gasteiger partial charge in [-0.15, -0.1) is 0 Å². The number of amides is 1. The topological polar surface area (TPSA) is 101 Å². The fourth-order valence-corrected chi connectivity index (χ4v) is 4.25. The SMILES string of the molecule is COCCNC(=O)c1cc(N(C)C2CCS(=O)(=O)C2)nc(C)n1. The molecule has 1 atom stereocenters. The smallest absolute Gasteiger partial charge is 0.270 e. The molecule has 2 heterocycles. The summed E-state index contributed by atoms with van der Waals surface area (Å²) in [6, 6.07) is 1.46. The van der Waals surface area contributed by atoms with Gasteiger partial charge < -0.3 is 15.0 Å². The summed E-state index contributed by atoms with van der Waals surface area (Å²) in [5.74, 6) is 1.02. The standard InChI is InChI=1S/C14H22N4O4S/c1-10-16-12(14(19)15-5-6-22-3)8-13(17-10)18(2)11-4-7-23(20,21)9-11/h8,11H,4-7,9H2,1-3H3,(H,15,19). The summed E-state index contributed by atoms with van der Waals surface area (Å²) in [4.78, 5) is 22.4. The largest absolute Gasteiger partial charge is 0.383 e. The van der Waals surface area contributed by atoms with Gasteiger partial charge in [-0.05, 0) is 13.3 Å². The summed E-state index contributed by atoms with van der Waals surface area (Å²) >= 11 is 0. The molecular formula is C14H22N4O4S. The van der Waals surface area contributed by atoms with E-state index < -0.39 is 9.84 Å². The van der Waals surface area contributed by atoms with E-state index in [0.29, 0.717) is 31.2 Å². The Balaban J connectivity index is 2.15. The molecule has 1 N–H and O–H groups in total. The van der Waals surface area contributed by atoms with Gasteiger partial charge in [0.15, 0.2) is 9.84 Å². The lowest BCUT2D eigenvalue weighted by Gasteiger charge is -2.24. The third-order valence-corrected chi connectivity index (χ3v) is 5.52. The fraction of sp³-hybridized carbons (Fsp3) is 0.643. The van der Waals surface area contributed by atoms with Crippen LogP contribution in [0.1, 0.15) is 22.7 Å². The van der Waals surface area contributed by atoms with E-state index in [-0.39, 0.29) is 29.1 Å². The number of carbonyl (C=O) groups excluding carboxylic acids is 1. The molecule has 0 saturated carbocycles. The van der Waals surface area contributed by atoms with Gasteiger partial charge in [0.2, 0.25) is 0 Å². The molecule has 0 aliphatic carbocycles. The van der Waals surface area contributed by atoms with Crippen molar-refractivity contribution in [3.05, 3.63) is 17.6 Å². The molecule has 0 spiro atoms. The van der Waals surface area contributed by atoms with Crippen LogP contribution in [-0.2, 0) is 14.6 Å². The molecule has 23 heavy (non-hydrogen) atoms. The van der Waals surface area contributed by atoms with Gasteiger partial charge in [-0.1, -0.05) is 0 Å². The minimum absolute atomic E-state index is 0.113. The molecule has 1 aromatic rings. The van der Waals surface area contributed by atoms with E-state index >= 15 is 0 Å². The summed E-state index contributed by atoms with van der Waals surface area (Å²) in [7, 11) is 0.373. The zero-order valence-corrected chi connectivity index (χ0v) is 14.4. The number of sulfone groups is 1. The molecule has 1 unspecified atom stereocenters. The van der Waals surface area contributed by atoms with Crippen molar-refractivity contribution in [2.24, 2.45) is 0 Å². The van der Waals surface area contributed by atoms with Gasteiger partial charge in [0, 0.05) is 32.8 Å². The van der Waals surface area contributed by atoms with E-state index in [1.54, 1.807) is 27.1 Å². The van der Waals surface area contributed by atoms with Crippen molar-refractivity contribution in [2.45, 2.75) is 19.4 Å². The number of carbonyl (C=O) groups is 1. The molecule has 9 heteroatoms. The summed E-state index contributed by atoms with van der Waals surface area (Å²) in [5.41, 5.74) is 0.260. The summed E-state index contributed by atoms with van der Waals surface area (Å²) in [6.45, 7) is 2.52. The van der Waals surface area contributed by atoms with Crippen LogP contribution in [0.5, 0.6) is 0 Å². The average molecular weight is 342 g/mol. The number of nitrogens with zero attached hydrogens (tertiary/aromatic N) is 3. The number of rotatable bonds is 6. The van der Waals surface area contributed by atoms with Gasteiger partial charge in [-0.25, -0.2) is 18.4 Å². The quantitative estimate of drug-likeness (QED) is 0.713. The molecule has 128 valence electrons. The first kappa shape index (κ1) is 17.6. The Bertz CT molecular complexity index is 677. The van der Waals surface area contributed by atoms with E-state index in [9.17, 15) is 13.2 Å². The lowest BCUT2D eigenvalue weighted by molar-refractivity contribution is 0.0931. The molecule has 1 fully saturated rings. The van der Waals surface area contributed by atoms with Gasteiger partial charge >= 0.3 is 0 Å². The van der Waals surface area contributed by atoms with Crippen LogP contribution in [-0.4, -0.2) is 69.1 Å². The Morgan fingerprint density at radius 3 is 2.83 bits per heavy atom. The molecule has 1 aliphatic rings. The van der Waals surface area contributed by atoms with Gasteiger partial charge in [-0.3, -0.25) is 4.79 Å². The van der Waals surface area contributed by atoms with Crippen LogP contribution in [0.15, 0.2) is 6.07 Å². The summed E-state index contributed by atoms with van der Waals surface area (Å²) < 4.78 is 28.1. The molecule has 2 rings (SSSR count). The maximum atomic E-state index is 12.1. The molecule has 0 radical (unpaired) electrons. The van der Waals surface area contributed by atoms with Gasteiger partial charge in [0.25, 0.3) is 5.91 Å². The fourth-order valence-electron chi connectivity index (χ4n) is 2.47. The zero-order chi connectivity index (χ0) is 17.0. The van der Waals surface area contributed by atoms with Crippen LogP contribution < -0.4 is 10.2 Å². The Kier molecular flexibility index (Phi) is 5.53. The third kappa shape index (κ3) is 4.61. The van der Waals surface area contributed by atoms with Crippen LogP contribution in [0.25, 0.3) is 0 Å². The van der Waals surface area contributed by atoms with Crippen molar-refractivity contribution < 1.29 is 17.9 Å². The van der Waals surface area contributed by atoms with Crippen molar-refractivity contribution in [1.82, 2.24) is 15.3 Å². The lowest BCUT2D eigenvalue weighted by atomic mass is 10.2. The van der Waals surface area contributed by atoms with Crippen LogP contribution >= 0.6 is 0 Å². The monoisotopic (exact) mass is 342 g/mol. The Hall–Kier alpha value is -1.74. The van der Waals surface area contributed by atoms with Crippen molar-refractivity contribution >= 4 is 21.6 Å². The number of ether oxygens (including phenoxy) is 1. The number of aromatic nitrogens is 2. The van der Waals surface area contributed by atoms with Crippen LogP contribution in [0.4, 0.5) is 5.82 Å². The average Bonchev–Trinajstić information content (AvgIpc) is 2.86. The molecule has 1 aromatic heterocycles. The van der Waals surface area contributed by atoms with Crippen molar-refractivity contribution in [2.75, 3.05) is 43.7 Å². The maximum absolute atomic E-state index is 12.1. The van der Waals surface area contributed by atoms with Crippen LogP contribution in [0.2, 0.25) is 0 Å². The van der Waals surface area contributed by atoms with Crippen molar-refractivity contribution in [3.63, 3.8) is 0 Å². The molecule has 1 amide bonds. The number of hydrogen-bond acceptors (Lipinski definition) is 7. The Morgan fingerprint density at radius 1 is 1.48 bits per heavy atom. The predicted molar refractivity (Wildman–Crippen MR) is 86.4 cm³/mol. The third-order valence-electron chi connectivity index (χ3n) is 3.77. The number of nitrogens with one attached hydrogen (secondary N) is 1. The van der Waals surface area contributed by atoms with Gasteiger partial charge in [0.05, 0.1) is 18.1 Å². The molecule has 8 nitrogen and oxygen atoms in total. The highest BCUT2D eigenvalue weighted by Gasteiger charge is 2.31. The molecular weight excluding hydrogens is 320 g/mol. The molecule has 1 aliphatic heterocycles. The highest BCUT2D eigenvalue weighted by atomic mass is 32.2. The highest BCUT2D eigenvalue weighted by Crippen LogP contribution is 2.22. The zero-order valence-electron chi connectivity index (χ0n) is 13.6. The first-order valence-corrected chi connectivity index (χ1v) is 9.20. The maximum Gasteiger partial charge on any atom is 0.270 e. The lowest BCUT2D eigenvalue weighted by Crippen LogP contribution is -2.34. The second-order valence-corrected chi connectivity index (χ2v) is 7.80. The second kappa shape index (κ2) is 7.22. The molecule has 1 saturated heterocycles. The van der Waals surface area contributed by atoms with E-state index in [1.165, 1.54) is 0 Å². The van der Waals surface area contributed by atoms with Gasteiger partial charge in [-0.2, -0.15) is 0 Å². The highest BCUT2D eigenvalue weighted by molar-refractivity contribution is 7.91. The number of aryl methyl sites for hydroxylation is 1. The minimum atomic E-state index is -2.98. The Labute approximate surface area is 136 Å². The van der Waals surface area contributed by atoms with E-state index in [0.717, 1.165) is 0 Å². The summed E-state index contributed by atoms with van der Waals surface area (Å²) in [5, 5.41) is 2.71. The first-order chi connectivity index (χ1) is 10.8. The van der Waals surface area contributed by atoms with Crippen LogP contribution in [0.3, 0.4) is 0 Å². The van der Waals surface area contributed by atoms with E-state index in [4.69, 9.17) is 4.74 Å². The van der Waals surface area contributed by atoms with Crippen molar-refractivity contribution in [3.8, 4) is 0 Å². The number of hydrogen-bond donors (Lipinski definition) is 1. The summed E-state index contributed by atoms with van der Waals surface area (Å²) in [6.07, 6.45) is 0.567. The van der Waals surface area contributed by atoms with Gasteiger partial charge in [0.1, 0.15) is 17.3 Å². The first-order valence-electron chi connectivity index (χ1n) is 7.38. The normalized spacial score (nSPS) is 19.5. The minimum Gasteiger partial charge on any atom is -0.383 e. The second-order valence-electron chi connectivity index (χ2n) is 5.58. The number of anilines is 1. The van der Waals surface area contributed by atoms with Crippen LogP contribution in [0, 0.1) is 6.92 Å². The number of methoxy groups -OCH3 is 1. The Morgan fingerprint density at radius 2 is 2.22 bits per heavy atom. The van der Waals surface area contributed by atoms with E-state index in [2.05, 4.69) is 15.3 Å². The molecule has 0 aromatic carbocycles.